The van der Waals surface area contributed by atoms with Crippen molar-refractivity contribution in [1.29, 1.82) is 0 Å². The van der Waals surface area contributed by atoms with Crippen molar-refractivity contribution in [2.24, 2.45) is 0 Å². The topological polar surface area (TPSA) is 47.6 Å². The fourth-order valence-electron chi connectivity index (χ4n) is 3.81. The summed E-state index contributed by atoms with van der Waals surface area (Å²) in [6, 6.07) is 19.6. The molecule has 5 heteroatoms. The number of carbonyl (C=O) groups excluding carboxylic acids is 1. The molecular weight excluding hydrogens is 386 g/mol. The van der Waals surface area contributed by atoms with E-state index in [1.807, 2.05) is 67.6 Å². The Balaban J connectivity index is 1.43. The predicted molar refractivity (Wildman–Crippen MR) is 114 cm³/mol. The Morgan fingerprint density at radius 1 is 0.966 bits per heavy atom. The molecule has 1 aliphatic heterocycles. The maximum Gasteiger partial charge on any atom is 0.235 e. The molecule has 0 aromatic heterocycles. The first-order valence-electron chi connectivity index (χ1n) is 9.63. The van der Waals surface area contributed by atoms with Crippen molar-refractivity contribution >= 4 is 23.2 Å². The third-order valence-electron chi connectivity index (χ3n) is 5.75. The smallest absolute Gasteiger partial charge is 0.235 e. The SMILES string of the molecule is Cc1ccc(-c2cccc(Cl)c2)cc1NC(=O)C1(c2ccc3c(c2)OCO3)CC1. The molecule has 29 heavy (non-hydrogen) atoms. The van der Waals surface area contributed by atoms with Crippen molar-refractivity contribution in [3.05, 3.63) is 76.8 Å². The van der Waals surface area contributed by atoms with Crippen LogP contribution in [-0.4, -0.2) is 12.7 Å². The van der Waals surface area contributed by atoms with Gasteiger partial charge in [0.1, 0.15) is 0 Å². The van der Waals surface area contributed by atoms with E-state index in [1.165, 1.54) is 0 Å². The first-order valence-corrected chi connectivity index (χ1v) is 10.0. The molecule has 146 valence electrons. The predicted octanol–water partition coefficient (Wildman–Crippen LogP) is 5.71. The first-order chi connectivity index (χ1) is 14.0. The van der Waals surface area contributed by atoms with Crippen LogP contribution in [0.1, 0.15) is 24.0 Å². The van der Waals surface area contributed by atoms with Crippen LogP contribution in [0.3, 0.4) is 0 Å². The molecule has 5 rings (SSSR count). The fourth-order valence-corrected chi connectivity index (χ4v) is 4.00. The minimum Gasteiger partial charge on any atom is -0.454 e. The maximum atomic E-state index is 13.2. The molecule has 0 radical (unpaired) electrons. The maximum absolute atomic E-state index is 13.2. The molecule has 1 amide bonds. The van der Waals surface area contributed by atoms with Gasteiger partial charge in [0.2, 0.25) is 12.7 Å². The molecule has 3 aromatic rings. The van der Waals surface area contributed by atoms with E-state index in [1.54, 1.807) is 0 Å². The van der Waals surface area contributed by atoms with Crippen molar-refractivity contribution in [2.75, 3.05) is 12.1 Å². The number of hydrogen-bond donors (Lipinski definition) is 1. The highest BCUT2D eigenvalue weighted by atomic mass is 35.5. The van der Waals surface area contributed by atoms with Crippen LogP contribution in [0.4, 0.5) is 5.69 Å². The summed E-state index contributed by atoms with van der Waals surface area (Å²) in [7, 11) is 0. The normalized spacial score (nSPS) is 15.8. The number of amides is 1. The number of anilines is 1. The zero-order chi connectivity index (χ0) is 20.0. The second kappa shape index (κ2) is 6.82. The molecule has 1 saturated carbocycles. The minimum absolute atomic E-state index is 0.0164. The number of benzene rings is 3. The summed E-state index contributed by atoms with van der Waals surface area (Å²) in [5, 5.41) is 3.85. The average molecular weight is 406 g/mol. The van der Waals surface area contributed by atoms with Gasteiger partial charge in [-0.2, -0.15) is 0 Å². The second-order valence-corrected chi connectivity index (χ2v) is 8.08. The number of nitrogens with one attached hydrogen (secondary N) is 1. The molecule has 0 atom stereocenters. The van der Waals surface area contributed by atoms with Gasteiger partial charge < -0.3 is 14.8 Å². The minimum atomic E-state index is -0.501. The molecule has 0 spiro atoms. The van der Waals surface area contributed by atoms with E-state index < -0.39 is 5.41 Å². The van der Waals surface area contributed by atoms with Crippen LogP contribution in [0.5, 0.6) is 11.5 Å². The van der Waals surface area contributed by atoms with Gasteiger partial charge in [0.15, 0.2) is 11.5 Å². The van der Waals surface area contributed by atoms with Gasteiger partial charge in [-0.3, -0.25) is 4.79 Å². The summed E-state index contributed by atoms with van der Waals surface area (Å²) in [5.41, 5.74) is 4.35. The summed E-state index contributed by atoms with van der Waals surface area (Å²) in [6.45, 7) is 2.23. The standard InChI is InChI=1S/C24H20ClNO3/c1-15-5-6-17(16-3-2-4-19(25)11-16)12-20(15)26-23(27)24(9-10-24)18-7-8-21-22(13-18)29-14-28-21/h2-8,11-13H,9-10,14H2,1H3,(H,26,27). The molecular formula is C24H20ClNO3. The van der Waals surface area contributed by atoms with Crippen LogP contribution in [0.15, 0.2) is 60.7 Å². The van der Waals surface area contributed by atoms with Crippen molar-refractivity contribution in [1.82, 2.24) is 0 Å². The lowest BCUT2D eigenvalue weighted by atomic mass is 9.94. The Morgan fingerprint density at radius 2 is 1.76 bits per heavy atom. The summed E-state index contributed by atoms with van der Waals surface area (Å²) in [4.78, 5) is 13.2. The lowest BCUT2D eigenvalue weighted by Crippen LogP contribution is -2.28. The molecule has 0 bridgehead atoms. The van der Waals surface area contributed by atoms with E-state index >= 15 is 0 Å². The highest BCUT2D eigenvalue weighted by molar-refractivity contribution is 6.30. The Kier molecular flexibility index (Phi) is 4.25. The van der Waals surface area contributed by atoms with Crippen LogP contribution in [0.25, 0.3) is 11.1 Å². The zero-order valence-corrected chi connectivity index (χ0v) is 16.8. The van der Waals surface area contributed by atoms with Crippen molar-refractivity contribution < 1.29 is 14.3 Å². The van der Waals surface area contributed by atoms with Crippen LogP contribution in [0, 0.1) is 6.92 Å². The largest absolute Gasteiger partial charge is 0.454 e. The van der Waals surface area contributed by atoms with Crippen LogP contribution in [0.2, 0.25) is 5.02 Å². The number of fused-ring (bicyclic) bond motifs is 1. The summed E-state index contributed by atoms with van der Waals surface area (Å²) in [5.74, 6) is 1.46. The van der Waals surface area contributed by atoms with Gasteiger partial charge in [-0.1, -0.05) is 41.9 Å². The number of ether oxygens (including phenoxy) is 2. The molecule has 1 heterocycles. The average Bonchev–Trinajstić information content (AvgIpc) is 3.40. The van der Waals surface area contributed by atoms with Gasteiger partial charge in [-0.25, -0.2) is 0 Å². The van der Waals surface area contributed by atoms with E-state index in [2.05, 4.69) is 5.32 Å². The highest BCUT2D eigenvalue weighted by Crippen LogP contribution is 2.51. The van der Waals surface area contributed by atoms with Crippen LogP contribution >= 0.6 is 11.6 Å². The van der Waals surface area contributed by atoms with Gasteiger partial charge in [0, 0.05) is 10.7 Å². The third kappa shape index (κ3) is 3.23. The van der Waals surface area contributed by atoms with E-state index in [9.17, 15) is 4.79 Å². The quantitative estimate of drug-likeness (QED) is 0.604. The highest BCUT2D eigenvalue weighted by Gasteiger charge is 2.51. The number of aryl methyl sites for hydroxylation is 1. The second-order valence-electron chi connectivity index (χ2n) is 7.64. The summed E-state index contributed by atoms with van der Waals surface area (Å²) >= 11 is 6.14. The van der Waals surface area contributed by atoms with Crippen LogP contribution < -0.4 is 14.8 Å². The van der Waals surface area contributed by atoms with E-state index in [0.717, 1.165) is 46.5 Å². The molecule has 2 aliphatic rings. The molecule has 4 nitrogen and oxygen atoms in total. The van der Waals surface area contributed by atoms with Gasteiger partial charge in [0.25, 0.3) is 0 Å². The van der Waals surface area contributed by atoms with Crippen molar-refractivity contribution in [3.8, 4) is 22.6 Å². The molecule has 0 unspecified atom stereocenters. The van der Waals surface area contributed by atoms with E-state index in [0.29, 0.717) is 10.8 Å². The molecule has 1 aliphatic carbocycles. The molecule has 3 aromatic carbocycles. The van der Waals surface area contributed by atoms with Gasteiger partial charge in [-0.15, -0.1) is 0 Å². The third-order valence-corrected chi connectivity index (χ3v) is 5.99. The number of rotatable bonds is 4. The van der Waals surface area contributed by atoms with Gasteiger partial charge >= 0.3 is 0 Å². The number of carbonyl (C=O) groups is 1. The lowest BCUT2D eigenvalue weighted by molar-refractivity contribution is -0.118. The van der Waals surface area contributed by atoms with Gasteiger partial charge in [-0.05, 0) is 72.4 Å². The molecule has 1 fully saturated rings. The first kappa shape index (κ1) is 18.1. The van der Waals surface area contributed by atoms with Crippen LogP contribution in [-0.2, 0) is 10.2 Å². The molecule has 0 saturated heterocycles. The Hall–Kier alpha value is -2.98. The lowest BCUT2D eigenvalue weighted by Gasteiger charge is -2.18. The van der Waals surface area contributed by atoms with Gasteiger partial charge in [0.05, 0.1) is 5.41 Å². The monoisotopic (exact) mass is 405 g/mol. The zero-order valence-electron chi connectivity index (χ0n) is 16.0. The summed E-state index contributed by atoms with van der Waals surface area (Å²) in [6.07, 6.45) is 1.65. The number of halogens is 1. The van der Waals surface area contributed by atoms with Crippen molar-refractivity contribution in [2.45, 2.75) is 25.2 Å². The Morgan fingerprint density at radius 3 is 2.55 bits per heavy atom. The Labute approximate surface area is 174 Å². The van der Waals surface area contributed by atoms with Crippen molar-refractivity contribution in [3.63, 3.8) is 0 Å². The fraction of sp³-hybridized carbons (Fsp3) is 0.208. The van der Waals surface area contributed by atoms with E-state index in [-0.39, 0.29) is 12.7 Å². The number of hydrogen-bond acceptors (Lipinski definition) is 3. The molecule has 1 N–H and O–H groups in total. The summed E-state index contributed by atoms with van der Waals surface area (Å²) < 4.78 is 10.9. The van der Waals surface area contributed by atoms with E-state index in [4.69, 9.17) is 21.1 Å². The Bertz CT molecular complexity index is 1120.